The number of nitrogens with one attached hydrogen (secondary N) is 1. The number of allylic oxidation sites excluding steroid dienone is 3. The van der Waals surface area contributed by atoms with Crippen LogP contribution in [0.25, 0.3) is 0 Å². The molecule has 102 valence electrons. The lowest BCUT2D eigenvalue weighted by atomic mass is 10.1. The monoisotopic (exact) mass is 297 g/mol. The predicted octanol–water partition coefficient (Wildman–Crippen LogP) is 4.17. The largest absolute Gasteiger partial charge is 0.350 e. The molecule has 0 fully saturated rings. The standard InChI is InChI=1S/C15H17Cl2NO/c1-3-4-5-6-15(19)18-11(2)9-12-7-8-13(16)10-14(12)17/h3-8,10-11H,9H2,1-2H3,(H,18,19)/b4-3+,6-5+. The van der Waals surface area contributed by atoms with E-state index in [1.165, 1.54) is 6.08 Å². The third-order valence-corrected chi connectivity index (χ3v) is 3.07. The Kier molecular flexibility index (Phi) is 6.68. The summed E-state index contributed by atoms with van der Waals surface area (Å²) in [6, 6.07) is 5.38. The number of hydrogen-bond acceptors (Lipinski definition) is 1. The van der Waals surface area contributed by atoms with Crippen LogP contribution >= 0.6 is 23.2 Å². The fourth-order valence-electron chi connectivity index (χ4n) is 1.61. The van der Waals surface area contributed by atoms with E-state index < -0.39 is 0 Å². The molecule has 0 spiro atoms. The van der Waals surface area contributed by atoms with Crippen molar-refractivity contribution in [1.82, 2.24) is 5.32 Å². The van der Waals surface area contributed by atoms with Crippen LogP contribution in [0.5, 0.6) is 0 Å². The number of carbonyl (C=O) groups is 1. The maximum Gasteiger partial charge on any atom is 0.244 e. The first-order valence-corrected chi connectivity index (χ1v) is 6.82. The molecule has 0 saturated carbocycles. The second-order valence-corrected chi connectivity index (χ2v) is 5.08. The Bertz CT molecular complexity index is 495. The fraction of sp³-hybridized carbons (Fsp3) is 0.267. The lowest BCUT2D eigenvalue weighted by molar-refractivity contribution is -0.117. The van der Waals surface area contributed by atoms with Crippen LogP contribution in [-0.4, -0.2) is 11.9 Å². The van der Waals surface area contributed by atoms with Crippen LogP contribution in [0.4, 0.5) is 0 Å². The van der Waals surface area contributed by atoms with Crippen molar-refractivity contribution in [3.05, 3.63) is 58.1 Å². The van der Waals surface area contributed by atoms with Crippen molar-refractivity contribution in [1.29, 1.82) is 0 Å². The van der Waals surface area contributed by atoms with E-state index in [4.69, 9.17) is 23.2 Å². The highest BCUT2D eigenvalue weighted by Gasteiger charge is 2.08. The normalized spacial score (nSPS) is 13.1. The van der Waals surface area contributed by atoms with Crippen LogP contribution in [0.3, 0.4) is 0 Å². The maximum atomic E-state index is 11.6. The number of benzene rings is 1. The summed E-state index contributed by atoms with van der Waals surface area (Å²) in [4.78, 5) is 11.6. The van der Waals surface area contributed by atoms with E-state index >= 15 is 0 Å². The van der Waals surface area contributed by atoms with Gasteiger partial charge in [-0.2, -0.15) is 0 Å². The topological polar surface area (TPSA) is 29.1 Å². The van der Waals surface area contributed by atoms with E-state index in [-0.39, 0.29) is 11.9 Å². The van der Waals surface area contributed by atoms with Gasteiger partial charge in [0, 0.05) is 22.2 Å². The van der Waals surface area contributed by atoms with Gasteiger partial charge in [0.05, 0.1) is 0 Å². The summed E-state index contributed by atoms with van der Waals surface area (Å²) in [5.74, 6) is -0.115. The van der Waals surface area contributed by atoms with Gasteiger partial charge in [-0.25, -0.2) is 0 Å². The summed E-state index contributed by atoms with van der Waals surface area (Å²) < 4.78 is 0. The summed E-state index contributed by atoms with van der Waals surface area (Å²) in [5.41, 5.74) is 0.969. The summed E-state index contributed by atoms with van der Waals surface area (Å²) >= 11 is 11.9. The van der Waals surface area contributed by atoms with Crippen molar-refractivity contribution in [2.45, 2.75) is 26.3 Å². The number of carbonyl (C=O) groups excluding carboxylic acids is 1. The average Bonchev–Trinajstić information content (AvgIpc) is 2.33. The van der Waals surface area contributed by atoms with Crippen molar-refractivity contribution in [3.8, 4) is 0 Å². The molecule has 0 aliphatic heterocycles. The first-order valence-electron chi connectivity index (χ1n) is 6.06. The molecule has 1 rings (SSSR count). The van der Waals surface area contributed by atoms with Gasteiger partial charge in [0.15, 0.2) is 0 Å². The maximum absolute atomic E-state index is 11.6. The second-order valence-electron chi connectivity index (χ2n) is 4.23. The highest BCUT2D eigenvalue weighted by Crippen LogP contribution is 2.22. The quantitative estimate of drug-likeness (QED) is 0.641. The first kappa shape index (κ1) is 15.8. The van der Waals surface area contributed by atoms with E-state index in [1.807, 2.05) is 26.0 Å². The SMILES string of the molecule is C/C=C/C=C/C(=O)NC(C)Cc1ccc(Cl)cc1Cl. The molecular formula is C15H17Cl2NO. The summed E-state index contributed by atoms with van der Waals surface area (Å²) in [6.45, 7) is 3.83. The van der Waals surface area contributed by atoms with Crippen molar-refractivity contribution >= 4 is 29.1 Å². The van der Waals surface area contributed by atoms with E-state index in [9.17, 15) is 4.79 Å². The minimum Gasteiger partial charge on any atom is -0.350 e. The van der Waals surface area contributed by atoms with Crippen LogP contribution in [0, 0.1) is 0 Å². The third kappa shape index (κ3) is 5.95. The third-order valence-electron chi connectivity index (χ3n) is 2.48. The molecule has 1 N–H and O–H groups in total. The highest BCUT2D eigenvalue weighted by molar-refractivity contribution is 6.35. The van der Waals surface area contributed by atoms with Gasteiger partial charge in [-0.05, 0) is 38.0 Å². The molecule has 1 amide bonds. The van der Waals surface area contributed by atoms with Crippen LogP contribution in [-0.2, 0) is 11.2 Å². The minimum atomic E-state index is -0.115. The van der Waals surface area contributed by atoms with Crippen molar-refractivity contribution in [2.75, 3.05) is 0 Å². The van der Waals surface area contributed by atoms with Crippen LogP contribution < -0.4 is 5.32 Å². The Morgan fingerprint density at radius 1 is 1.37 bits per heavy atom. The highest BCUT2D eigenvalue weighted by atomic mass is 35.5. The van der Waals surface area contributed by atoms with E-state index in [1.54, 1.807) is 24.3 Å². The zero-order valence-electron chi connectivity index (χ0n) is 11.0. The number of halogens is 2. The Labute approximate surface area is 124 Å². The summed E-state index contributed by atoms with van der Waals surface area (Å²) in [6.07, 6.45) is 7.54. The van der Waals surface area contributed by atoms with E-state index in [2.05, 4.69) is 5.32 Å². The molecule has 0 aliphatic rings. The van der Waals surface area contributed by atoms with Gasteiger partial charge in [0.1, 0.15) is 0 Å². The number of amides is 1. The number of rotatable bonds is 5. The molecular weight excluding hydrogens is 281 g/mol. The lowest BCUT2D eigenvalue weighted by Gasteiger charge is -2.13. The molecule has 1 aromatic rings. The minimum absolute atomic E-state index is 0.00133. The Balaban J connectivity index is 2.55. The molecule has 0 aromatic heterocycles. The lowest BCUT2D eigenvalue weighted by Crippen LogP contribution is -2.32. The molecule has 4 heteroatoms. The van der Waals surface area contributed by atoms with Crippen LogP contribution in [0.2, 0.25) is 10.0 Å². The predicted molar refractivity (Wildman–Crippen MR) is 81.7 cm³/mol. The van der Waals surface area contributed by atoms with Gasteiger partial charge in [0.2, 0.25) is 5.91 Å². The molecule has 0 heterocycles. The van der Waals surface area contributed by atoms with Crippen LogP contribution in [0.15, 0.2) is 42.5 Å². The molecule has 0 radical (unpaired) electrons. The van der Waals surface area contributed by atoms with Crippen molar-refractivity contribution in [2.24, 2.45) is 0 Å². The Morgan fingerprint density at radius 3 is 2.74 bits per heavy atom. The molecule has 1 unspecified atom stereocenters. The van der Waals surface area contributed by atoms with Gasteiger partial charge in [-0.3, -0.25) is 4.79 Å². The molecule has 19 heavy (non-hydrogen) atoms. The Hall–Kier alpha value is -1.25. The summed E-state index contributed by atoms with van der Waals surface area (Å²) in [5, 5.41) is 4.11. The zero-order chi connectivity index (χ0) is 14.3. The zero-order valence-corrected chi connectivity index (χ0v) is 12.5. The van der Waals surface area contributed by atoms with Gasteiger partial charge >= 0.3 is 0 Å². The molecule has 1 atom stereocenters. The average molecular weight is 298 g/mol. The molecule has 0 saturated heterocycles. The molecule has 2 nitrogen and oxygen atoms in total. The van der Waals surface area contributed by atoms with Gasteiger partial charge in [-0.15, -0.1) is 0 Å². The van der Waals surface area contributed by atoms with E-state index in [0.717, 1.165) is 5.56 Å². The van der Waals surface area contributed by atoms with Gasteiger partial charge < -0.3 is 5.32 Å². The van der Waals surface area contributed by atoms with E-state index in [0.29, 0.717) is 16.5 Å². The number of hydrogen-bond donors (Lipinski definition) is 1. The smallest absolute Gasteiger partial charge is 0.244 e. The Morgan fingerprint density at radius 2 is 2.11 bits per heavy atom. The van der Waals surface area contributed by atoms with Gasteiger partial charge in [0.25, 0.3) is 0 Å². The fourth-order valence-corrected chi connectivity index (χ4v) is 2.10. The first-order chi connectivity index (χ1) is 9.02. The molecule has 1 aromatic carbocycles. The van der Waals surface area contributed by atoms with Gasteiger partial charge in [-0.1, -0.05) is 47.5 Å². The molecule has 0 bridgehead atoms. The summed E-state index contributed by atoms with van der Waals surface area (Å²) in [7, 11) is 0. The second kappa shape index (κ2) is 8.03. The van der Waals surface area contributed by atoms with Crippen molar-refractivity contribution in [3.63, 3.8) is 0 Å². The van der Waals surface area contributed by atoms with Crippen molar-refractivity contribution < 1.29 is 4.79 Å². The molecule has 0 aliphatic carbocycles. The van der Waals surface area contributed by atoms with Crippen LogP contribution in [0.1, 0.15) is 19.4 Å².